The molecule has 0 aliphatic heterocycles. The van der Waals surface area contributed by atoms with Crippen LogP contribution in [-0.2, 0) is 18.8 Å². The second-order valence-electron chi connectivity index (χ2n) is 5.82. The van der Waals surface area contributed by atoms with E-state index in [1.54, 1.807) is 6.92 Å². The minimum atomic E-state index is -2.23. The summed E-state index contributed by atoms with van der Waals surface area (Å²) in [6.07, 6.45) is 2.30. The molecule has 0 aliphatic carbocycles. The second-order valence-corrected chi connectivity index (χ2v) is 11.2. The van der Waals surface area contributed by atoms with Crippen LogP contribution in [0.25, 0.3) is 0 Å². The maximum absolute atomic E-state index is 12.0. The number of hydrogen-bond donors (Lipinski definition) is 0. The van der Waals surface area contributed by atoms with Gasteiger partial charge in [-0.1, -0.05) is 41.5 Å². The summed E-state index contributed by atoms with van der Waals surface area (Å²) in [6, 6.07) is 0. The molecule has 4 nitrogen and oxygen atoms in total. The molecule has 0 aromatic heterocycles. The number of hydrogen-bond acceptors (Lipinski definition) is 4. The molecule has 0 aromatic carbocycles. The molecule has 0 amide bonds. The van der Waals surface area contributed by atoms with E-state index in [4.69, 9.17) is 9.16 Å². The normalized spacial score (nSPS) is 12.5. The molecule has 0 bridgehead atoms. The lowest BCUT2D eigenvalue weighted by Gasteiger charge is -2.40. The van der Waals surface area contributed by atoms with E-state index >= 15 is 0 Å². The fourth-order valence-electron chi connectivity index (χ4n) is 2.89. The third kappa shape index (κ3) is 4.78. The standard InChI is InChI=1S/C15H28O4Si/c1-8-18-14(16)9-10-15(17)19-20(11(2)3,12(4)5)13(6)7/h9-13H,8H2,1-7H3/b10-9+. The van der Waals surface area contributed by atoms with Crippen LogP contribution in [0.3, 0.4) is 0 Å². The average Bonchev–Trinajstić information content (AvgIpc) is 2.32. The van der Waals surface area contributed by atoms with E-state index < -0.39 is 20.3 Å². The van der Waals surface area contributed by atoms with Gasteiger partial charge in [0.1, 0.15) is 0 Å². The molecule has 0 atom stereocenters. The molecule has 0 aliphatic rings. The molecule has 0 N–H and O–H groups in total. The predicted octanol–water partition coefficient (Wildman–Crippen LogP) is 3.82. The second kappa shape index (κ2) is 8.24. The smallest absolute Gasteiger partial charge is 0.330 e. The third-order valence-corrected chi connectivity index (χ3v) is 9.60. The van der Waals surface area contributed by atoms with E-state index in [1.807, 2.05) is 0 Å². The molecule has 0 heterocycles. The van der Waals surface area contributed by atoms with Gasteiger partial charge in [0.05, 0.1) is 6.61 Å². The van der Waals surface area contributed by atoms with E-state index in [2.05, 4.69) is 41.5 Å². The Morgan fingerprint density at radius 1 is 0.900 bits per heavy atom. The van der Waals surface area contributed by atoms with Crippen LogP contribution in [0.2, 0.25) is 16.6 Å². The first-order valence-corrected chi connectivity index (χ1v) is 9.40. The quantitative estimate of drug-likeness (QED) is 0.407. The van der Waals surface area contributed by atoms with Crippen molar-refractivity contribution >= 4 is 20.3 Å². The fraction of sp³-hybridized carbons (Fsp3) is 0.733. The third-order valence-electron chi connectivity index (χ3n) is 3.63. The molecule has 0 unspecified atom stereocenters. The molecule has 0 fully saturated rings. The fourth-order valence-corrected chi connectivity index (χ4v) is 8.01. The highest BCUT2D eigenvalue weighted by atomic mass is 28.4. The van der Waals surface area contributed by atoms with Crippen molar-refractivity contribution in [2.24, 2.45) is 0 Å². The summed E-state index contributed by atoms with van der Waals surface area (Å²) in [5.41, 5.74) is 0.965. The predicted molar refractivity (Wildman–Crippen MR) is 82.9 cm³/mol. The SMILES string of the molecule is CCOC(=O)/C=C/C(=O)O[Si](C(C)C)(C(C)C)C(C)C. The first-order valence-electron chi connectivity index (χ1n) is 7.26. The van der Waals surface area contributed by atoms with Crippen molar-refractivity contribution in [3.05, 3.63) is 12.2 Å². The molecule has 0 saturated carbocycles. The molecule has 0 spiro atoms. The maximum Gasteiger partial charge on any atom is 0.330 e. The van der Waals surface area contributed by atoms with Crippen molar-refractivity contribution in [3.63, 3.8) is 0 Å². The average molecular weight is 300 g/mol. The number of carbonyl (C=O) groups is 2. The Morgan fingerprint density at radius 2 is 1.30 bits per heavy atom. The highest BCUT2D eigenvalue weighted by Gasteiger charge is 2.47. The van der Waals surface area contributed by atoms with E-state index in [0.717, 1.165) is 6.08 Å². The maximum atomic E-state index is 12.0. The molecule has 0 saturated heterocycles. The molecule has 116 valence electrons. The van der Waals surface area contributed by atoms with Crippen LogP contribution in [0.4, 0.5) is 0 Å². The van der Waals surface area contributed by atoms with Crippen LogP contribution in [0.15, 0.2) is 12.2 Å². The van der Waals surface area contributed by atoms with Crippen molar-refractivity contribution in [2.75, 3.05) is 6.61 Å². The van der Waals surface area contributed by atoms with Gasteiger partial charge in [-0.3, -0.25) is 0 Å². The highest BCUT2D eigenvalue weighted by molar-refractivity contribution is 6.79. The van der Waals surface area contributed by atoms with Gasteiger partial charge in [0.15, 0.2) is 0 Å². The molecule has 5 heteroatoms. The Morgan fingerprint density at radius 3 is 1.65 bits per heavy atom. The summed E-state index contributed by atoms with van der Waals surface area (Å²) in [5.74, 6) is -0.962. The van der Waals surface area contributed by atoms with Crippen LogP contribution in [0.1, 0.15) is 48.5 Å². The molecular weight excluding hydrogens is 272 g/mol. The monoisotopic (exact) mass is 300 g/mol. The summed E-state index contributed by atoms with van der Waals surface area (Å²) in [5, 5.41) is 0. The Bertz CT molecular complexity index is 337. The lowest BCUT2D eigenvalue weighted by atomic mass is 10.5. The highest BCUT2D eigenvalue weighted by Crippen LogP contribution is 2.42. The van der Waals surface area contributed by atoms with Crippen LogP contribution in [0, 0.1) is 0 Å². The minimum Gasteiger partial charge on any atom is -0.515 e. The lowest BCUT2D eigenvalue weighted by Crippen LogP contribution is -2.49. The van der Waals surface area contributed by atoms with Gasteiger partial charge in [0.2, 0.25) is 0 Å². The van der Waals surface area contributed by atoms with E-state index in [-0.39, 0.29) is 0 Å². The Hall–Kier alpha value is -1.10. The van der Waals surface area contributed by atoms with Crippen molar-refractivity contribution in [2.45, 2.75) is 65.1 Å². The Kier molecular flexibility index (Phi) is 7.79. The van der Waals surface area contributed by atoms with Gasteiger partial charge in [-0.15, -0.1) is 0 Å². The minimum absolute atomic E-state index is 0.293. The first kappa shape index (κ1) is 18.9. The van der Waals surface area contributed by atoms with Crippen molar-refractivity contribution in [3.8, 4) is 0 Å². The van der Waals surface area contributed by atoms with Crippen molar-refractivity contribution in [1.82, 2.24) is 0 Å². The van der Waals surface area contributed by atoms with Crippen LogP contribution in [0.5, 0.6) is 0 Å². The van der Waals surface area contributed by atoms with E-state index in [9.17, 15) is 9.59 Å². The Balaban J connectivity index is 5.01. The number of carbonyl (C=O) groups excluding carboxylic acids is 2. The van der Waals surface area contributed by atoms with Gasteiger partial charge in [-0.25, -0.2) is 9.59 Å². The zero-order valence-corrected chi connectivity index (χ0v) is 14.7. The van der Waals surface area contributed by atoms with Crippen LogP contribution in [-0.4, -0.2) is 26.9 Å². The zero-order valence-electron chi connectivity index (χ0n) is 13.7. The number of esters is 1. The summed E-state index contributed by atoms with van der Waals surface area (Å²) in [6.45, 7) is 14.6. The summed E-state index contributed by atoms with van der Waals surface area (Å²) in [4.78, 5) is 23.2. The van der Waals surface area contributed by atoms with E-state index in [0.29, 0.717) is 23.2 Å². The van der Waals surface area contributed by atoms with Gasteiger partial charge in [-0.2, -0.15) is 0 Å². The van der Waals surface area contributed by atoms with Gasteiger partial charge >= 0.3 is 11.9 Å². The summed E-state index contributed by atoms with van der Waals surface area (Å²) < 4.78 is 10.6. The summed E-state index contributed by atoms with van der Waals surface area (Å²) >= 11 is 0. The van der Waals surface area contributed by atoms with Gasteiger partial charge in [0.25, 0.3) is 8.32 Å². The molecule has 0 radical (unpaired) electrons. The van der Waals surface area contributed by atoms with Gasteiger partial charge < -0.3 is 9.16 Å². The van der Waals surface area contributed by atoms with Crippen molar-refractivity contribution < 1.29 is 18.8 Å². The lowest BCUT2D eigenvalue weighted by molar-refractivity contribution is -0.138. The zero-order chi connectivity index (χ0) is 15.9. The summed E-state index contributed by atoms with van der Waals surface area (Å²) in [7, 11) is -2.23. The van der Waals surface area contributed by atoms with Crippen molar-refractivity contribution in [1.29, 1.82) is 0 Å². The molecule has 0 aromatic rings. The van der Waals surface area contributed by atoms with Crippen LogP contribution < -0.4 is 0 Å². The largest absolute Gasteiger partial charge is 0.515 e. The Labute approximate surface area is 123 Å². The molecular formula is C15H28O4Si. The number of rotatable bonds is 7. The molecule has 20 heavy (non-hydrogen) atoms. The van der Waals surface area contributed by atoms with Gasteiger partial charge in [0, 0.05) is 12.2 Å². The van der Waals surface area contributed by atoms with E-state index in [1.165, 1.54) is 6.08 Å². The van der Waals surface area contributed by atoms with Gasteiger partial charge in [-0.05, 0) is 23.5 Å². The number of ether oxygens (including phenoxy) is 1. The topological polar surface area (TPSA) is 52.6 Å². The van der Waals surface area contributed by atoms with Crippen LogP contribution >= 0.6 is 0 Å². The molecule has 0 rings (SSSR count). The first-order chi connectivity index (χ1) is 9.18.